The Morgan fingerprint density at radius 2 is 2.18 bits per heavy atom. The molecule has 2 aromatic rings. The fourth-order valence-electron chi connectivity index (χ4n) is 2.09. The van der Waals surface area contributed by atoms with Crippen molar-refractivity contribution in [2.45, 2.75) is 13.3 Å². The van der Waals surface area contributed by atoms with Crippen molar-refractivity contribution in [3.63, 3.8) is 0 Å². The second-order valence-electron chi connectivity index (χ2n) is 4.99. The minimum atomic E-state index is -0.616. The van der Waals surface area contributed by atoms with Crippen molar-refractivity contribution in [2.75, 3.05) is 13.2 Å². The minimum absolute atomic E-state index is 0.192. The third-order valence-electron chi connectivity index (χ3n) is 3.27. The second kappa shape index (κ2) is 6.15. The van der Waals surface area contributed by atoms with Gasteiger partial charge in [0, 0.05) is 11.8 Å². The molecule has 0 radical (unpaired) electrons. The van der Waals surface area contributed by atoms with E-state index in [1.54, 1.807) is 5.38 Å². The number of rotatable bonds is 3. The van der Waals surface area contributed by atoms with E-state index in [9.17, 15) is 9.59 Å². The minimum Gasteiger partial charge on any atom is -0.446 e. The van der Waals surface area contributed by atoms with E-state index in [4.69, 9.17) is 4.74 Å². The van der Waals surface area contributed by atoms with Crippen LogP contribution in [0.3, 0.4) is 0 Å². The Kier molecular flexibility index (Phi) is 4.06. The molecule has 0 atom stereocenters. The van der Waals surface area contributed by atoms with Gasteiger partial charge in [-0.1, -0.05) is 29.8 Å². The molecular weight excluding hydrogens is 302 g/mol. The SMILES string of the molecule is Cc1ccc(Cc2nc(C(=O)N3CCOC(=O)N3)cs2)cc1. The number of hydrogen-bond donors (Lipinski definition) is 1. The molecule has 0 bridgehead atoms. The van der Waals surface area contributed by atoms with Gasteiger partial charge in [-0.15, -0.1) is 11.3 Å². The lowest BCUT2D eigenvalue weighted by Crippen LogP contribution is -2.52. The van der Waals surface area contributed by atoms with Crippen molar-refractivity contribution in [3.05, 3.63) is 51.5 Å². The lowest BCUT2D eigenvalue weighted by Gasteiger charge is -2.26. The van der Waals surface area contributed by atoms with E-state index in [1.807, 2.05) is 6.92 Å². The largest absolute Gasteiger partial charge is 0.446 e. The van der Waals surface area contributed by atoms with Gasteiger partial charge in [-0.25, -0.2) is 20.2 Å². The van der Waals surface area contributed by atoms with Crippen LogP contribution in [0, 0.1) is 6.92 Å². The lowest BCUT2D eigenvalue weighted by molar-refractivity contribution is 0.0366. The van der Waals surface area contributed by atoms with E-state index in [0.717, 1.165) is 10.6 Å². The third kappa shape index (κ3) is 3.25. The number of cyclic esters (lactones) is 1. The van der Waals surface area contributed by atoms with Crippen molar-refractivity contribution in [2.24, 2.45) is 0 Å². The van der Waals surface area contributed by atoms with Crippen LogP contribution >= 0.6 is 11.3 Å². The molecule has 1 aliphatic rings. The van der Waals surface area contributed by atoms with Gasteiger partial charge in [0.15, 0.2) is 0 Å². The van der Waals surface area contributed by atoms with E-state index in [2.05, 4.69) is 34.7 Å². The summed E-state index contributed by atoms with van der Waals surface area (Å²) in [7, 11) is 0. The van der Waals surface area contributed by atoms with Crippen molar-refractivity contribution < 1.29 is 14.3 Å². The molecule has 114 valence electrons. The molecule has 2 amide bonds. The van der Waals surface area contributed by atoms with Crippen LogP contribution in [-0.4, -0.2) is 35.1 Å². The summed E-state index contributed by atoms with van der Waals surface area (Å²) in [5.74, 6) is -0.317. The molecule has 0 aliphatic carbocycles. The maximum Gasteiger partial charge on any atom is 0.426 e. The molecule has 6 nitrogen and oxygen atoms in total. The predicted octanol–water partition coefficient (Wildman–Crippen LogP) is 2.14. The summed E-state index contributed by atoms with van der Waals surface area (Å²) in [6.07, 6.45) is 0.0722. The maximum atomic E-state index is 12.3. The van der Waals surface area contributed by atoms with Gasteiger partial charge in [0.25, 0.3) is 5.91 Å². The number of thiazole rings is 1. The Morgan fingerprint density at radius 1 is 1.41 bits per heavy atom. The van der Waals surface area contributed by atoms with Gasteiger partial charge in [-0.3, -0.25) is 4.79 Å². The predicted molar refractivity (Wildman–Crippen MR) is 81.6 cm³/mol. The van der Waals surface area contributed by atoms with E-state index >= 15 is 0 Å². The average molecular weight is 317 g/mol. The van der Waals surface area contributed by atoms with Gasteiger partial charge in [-0.05, 0) is 12.5 Å². The van der Waals surface area contributed by atoms with Gasteiger partial charge in [-0.2, -0.15) is 0 Å². The molecule has 22 heavy (non-hydrogen) atoms. The second-order valence-corrected chi connectivity index (χ2v) is 5.94. The van der Waals surface area contributed by atoms with Crippen LogP contribution in [0.2, 0.25) is 0 Å². The Labute approximate surface area is 131 Å². The zero-order valence-electron chi connectivity index (χ0n) is 12.0. The monoisotopic (exact) mass is 317 g/mol. The molecule has 0 spiro atoms. The number of nitrogens with one attached hydrogen (secondary N) is 1. The average Bonchev–Trinajstić information content (AvgIpc) is 2.97. The first-order valence-electron chi connectivity index (χ1n) is 6.87. The van der Waals surface area contributed by atoms with Crippen LogP contribution in [0.5, 0.6) is 0 Å². The third-order valence-corrected chi connectivity index (χ3v) is 4.12. The molecule has 1 aliphatic heterocycles. The highest BCUT2D eigenvalue weighted by Crippen LogP contribution is 2.16. The summed E-state index contributed by atoms with van der Waals surface area (Å²) in [5, 5.41) is 3.82. The fraction of sp³-hybridized carbons (Fsp3) is 0.267. The molecule has 2 heterocycles. The topological polar surface area (TPSA) is 71.5 Å². The summed E-state index contributed by atoms with van der Waals surface area (Å²) >= 11 is 1.44. The first-order valence-corrected chi connectivity index (χ1v) is 7.75. The van der Waals surface area contributed by atoms with E-state index < -0.39 is 6.09 Å². The van der Waals surface area contributed by atoms with Crippen molar-refractivity contribution in [1.82, 2.24) is 15.4 Å². The van der Waals surface area contributed by atoms with Crippen molar-refractivity contribution >= 4 is 23.3 Å². The van der Waals surface area contributed by atoms with E-state index in [-0.39, 0.29) is 12.5 Å². The van der Waals surface area contributed by atoms with E-state index in [1.165, 1.54) is 21.9 Å². The molecular formula is C15H15N3O3S. The molecule has 0 unspecified atom stereocenters. The maximum absolute atomic E-state index is 12.3. The first kappa shape index (κ1) is 14.5. The highest BCUT2D eigenvalue weighted by molar-refractivity contribution is 7.09. The quantitative estimate of drug-likeness (QED) is 0.941. The zero-order valence-corrected chi connectivity index (χ0v) is 12.9. The number of benzene rings is 1. The molecule has 1 N–H and O–H groups in total. The van der Waals surface area contributed by atoms with Crippen molar-refractivity contribution in [1.29, 1.82) is 0 Å². The van der Waals surface area contributed by atoms with Gasteiger partial charge < -0.3 is 4.74 Å². The number of carbonyl (C=O) groups excluding carboxylic acids is 2. The molecule has 0 saturated carbocycles. The molecule has 1 aromatic carbocycles. The van der Waals surface area contributed by atoms with Crippen molar-refractivity contribution in [3.8, 4) is 0 Å². The Hall–Kier alpha value is -2.41. The molecule has 7 heteroatoms. The lowest BCUT2D eigenvalue weighted by atomic mass is 10.1. The summed E-state index contributed by atoms with van der Waals surface area (Å²) < 4.78 is 4.73. The Bertz CT molecular complexity index is 696. The van der Waals surface area contributed by atoms with Crippen LogP contribution in [-0.2, 0) is 11.2 Å². The van der Waals surface area contributed by atoms with E-state index in [0.29, 0.717) is 18.7 Å². The number of ether oxygens (including phenoxy) is 1. The smallest absolute Gasteiger partial charge is 0.426 e. The number of carbonyl (C=O) groups is 2. The van der Waals surface area contributed by atoms with Gasteiger partial charge in [0.05, 0.1) is 11.6 Å². The molecule has 3 rings (SSSR count). The number of aryl methyl sites for hydroxylation is 1. The standard InChI is InChI=1S/C15H15N3O3S/c1-10-2-4-11(5-3-10)8-13-16-12(9-22-13)14(19)18-6-7-21-15(20)17-18/h2-5,9H,6-8H2,1H3,(H,17,20). The van der Waals surface area contributed by atoms with Crippen LogP contribution < -0.4 is 5.43 Å². The van der Waals surface area contributed by atoms with Crippen LogP contribution in [0.25, 0.3) is 0 Å². The number of aromatic nitrogens is 1. The number of amides is 2. The first-order chi connectivity index (χ1) is 10.6. The molecule has 1 aromatic heterocycles. The molecule has 1 saturated heterocycles. The number of hydrogen-bond acceptors (Lipinski definition) is 5. The Morgan fingerprint density at radius 3 is 2.91 bits per heavy atom. The van der Waals surface area contributed by atoms with Gasteiger partial charge >= 0.3 is 6.09 Å². The normalized spacial score (nSPS) is 14.4. The number of hydrazine groups is 1. The summed E-state index contributed by atoms with van der Waals surface area (Å²) in [6.45, 7) is 2.55. The summed E-state index contributed by atoms with van der Waals surface area (Å²) in [6, 6.07) is 8.22. The fourth-order valence-corrected chi connectivity index (χ4v) is 2.89. The van der Waals surface area contributed by atoms with Gasteiger partial charge in [0.2, 0.25) is 0 Å². The zero-order chi connectivity index (χ0) is 15.5. The molecule has 1 fully saturated rings. The van der Waals surface area contributed by atoms with Crippen LogP contribution in [0.1, 0.15) is 26.6 Å². The highest BCUT2D eigenvalue weighted by atomic mass is 32.1. The number of nitrogens with zero attached hydrogens (tertiary/aromatic N) is 2. The van der Waals surface area contributed by atoms with Crippen LogP contribution in [0.15, 0.2) is 29.6 Å². The summed E-state index contributed by atoms with van der Waals surface area (Å²) in [5.41, 5.74) is 5.07. The van der Waals surface area contributed by atoms with Crippen LogP contribution in [0.4, 0.5) is 4.79 Å². The highest BCUT2D eigenvalue weighted by Gasteiger charge is 2.24. The Balaban J connectivity index is 1.69. The van der Waals surface area contributed by atoms with Gasteiger partial charge in [0.1, 0.15) is 12.3 Å². The summed E-state index contributed by atoms with van der Waals surface area (Å²) in [4.78, 5) is 27.8.